The molecule has 1 atom stereocenters. The maximum Gasteiger partial charge on any atom is 0.221 e. The zero-order valence-electron chi connectivity index (χ0n) is 11.2. The Hall–Kier alpha value is -0.910. The van der Waals surface area contributed by atoms with Crippen molar-refractivity contribution in [2.45, 2.75) is 26.3 Å². The number of carbonyl (C=O) groups excluding carboxylic acids is 1. The van der Waals surface area contributed by atoms with Gasteiger partial charge in [-0.1, -0.05) is 13.8 Å². The first-order valence-corrected chi connectivity index (χ1v) is 7.40. The second-order valence-corrected chi connectivity index (χ2v) is 4.92. The van der Waals surface area contributed by atoms with Gasteiger partial charge in [0.15, 0.2) is 0 Å². The van der Waals surface area contributed by atoms with Crippen molar-refractivity contribution >= 4 is 17.2 Å². The number of carbonyl (C=O) groups is 1. The first-order valence-electron chi connectivity index (χ1n) is 6.45. The second kappa shape index (κ2) is 8.24. The number of nitrogens with zero attached hydrogens (tertiary/aromatic N) is 1. The van der Waals surface area contributed by atoms with Gasteiger partial charge in [-0.15, -0.1) is 0 Å². The van der Waals surface area contributed by atoms with Crippen LogP contribution in [0.5, 0.6) is 0 Å². The van der Waals surface area contributed by atoms with E-state index in [4.69, 9.17) is 5.73 Å². The van der Waals surface area contributed by atoms with E-state index in [9.17, 15) is 4.79 Å². The van der Waals surface area contributed by atoms with Gasteiger partial charge in [0.1, 0.15) is 0 Å². The second-order valence-electron chi connectivity index (χ2n) is 4.14. The average molecular weight is 269 g/mol. The molecular weight excluding hydrogens is 246 g/mol. The SMILES string of the molecule is CCN(CC)C(CNC(=O)CCN)c1ccsc1. The minimum absolute atomic E-state index is 0.0323. The van der Waals surface area contributed by atoms with Gasteiger partial charge in [0.05, 0.1) is 6.04 Å². The number of hydrogen-bond donors (Lipinski definition) is 2. The van der Waals surface area contributed by atoms with Crippen LogP contribution in [0.3, 0.4) is 0 Å². The van der Waals surface area contributed by atoms with Crippen LogP contribution in [0.1, 0.15) is 31.9 Å². The summed E-state index contributed by atoms with van der Waals surface area (Å²) in [7, 11) is 0. The van der Waals surface area contributed by atoms with Crippen LogP contribution in [0.15, 0.2) is 16.8 Å². The van der Waals surface area contributed by atoms with E-state index in [-0.39, 0.29) is 11.9 Å². The summed E-state index contributed by atoms with van der Waals surface area (Å²) in [5.74, 6) is 0.0323. The van der Waals surface area contributed by atoms with Crippen LogP contribution in [0.25, 0.3) is 0 Å². The first-order chi connectivity index (χ1) is 8.72. The van der Waals surface area contributed by atoms with E-state index in [2.05, 4.69) is 40.9 Å². The Morgan fingerprint density at radius 1 is 1.50 bits per heavy atom. The minimum Gasteiger partial charge on any atom is -0.354 e. The molecule has 0 radical (unpaired) electrons. The van der Waals surface area contributed by atoms with E-state index in [1.165, 1.54) is 5.56 Å². The van der Waals surface area contributed by atoms with E-state index < -0.39 is 0 Å². The Labute approximate surface area is 113 Å². The third-order valence-electron chi connectivity index (χ3n) is 3.05. The lowest BCUT2D eigenvalue weighted by Crippen LogP contribution is -2.38. The smallest absolute Gasteiger partial charge is 0.221 e. The van der Waals surface area contributed by atoms with Crippen molar-refractivity contribution in [1.29, 1.82) is 0 Å². The molecule has 0 bridgehead atoms. The number of thiophene rings is 1. The van der Waals surface area contributed by atoms with Crippen molar-refractivity contribution in [2.75, 3.05) is 26.2 Å². The van der Waals surface area contributed by atoms with E-state index in [0.717, 1.165) is 13.1 Å². The normalized spacial score (nSPS) is 12.7. The molecule has 4 nitrogen and oxygen atoms in total. The van der Waals surface area contributed by atoms with Gasteiger partial charge in [-0.25, -0.2) is 0 Å². The molecule has 1 aromatic rings. The maximum atomic E-state index is 11.5. The van der Waals surface area contributed by atoms with Crippen molar-refractivity contribution in [1.82, 2.24) is 10.2 Å². The van der Waals surface area contributed by atoms with Gasteiger partial charge in [-0.3, -0.25) is 9.69 Å². The summed E-state index contributed by atoms with van der Waals surface area (Å²) in [5.41, 5.74) is 6.65. The standard InChI is InChI=1S/C13H23N3OS/c1-3-16(4-2)12(11-6-8-18-10-11)9-15-13(17)5-7-14/h6,8,10,12H,3-5,7,9,14H2,1-2H3,(H,15,17). The Morgan fingerprint density at radius 2 is 2.22 bits per heavy atom. The first kappa shape index (κ1) is 15.1. The molecule has 18 heavy (non-hydrogen) atoms. The minimum atomic E-state index is 0.0323. The Balaban J connectivity index is 2.64. The van der Waals surface area contributed by atoms with Crippen molar-refractivity contribution in [3.8, 4) is 0 Å². The number of nitrogens with two attached hydrogens (primary N) is 1. The van der Waals surface area contributed by atoms with Gasteiger partial charge in [0.2, 0.25) is 5.91 Å². The monoisotopic (exact) mass is 269 g/mol. The van der Waals surface area contributed by atoms with Crippen LogP contribution in [0, 0.1) is 0 Å². The molecule has 0 aliphatic heterocycles. The summed E-state index contributed by atoms with van der Waals surface area (Å²) in [5, 5.41) is 7.19. The average Bonchev–Trinajstić information content (AvgIpc) is 2.88. The van der Waals surface area contributed by atoms with Crippen molar-refractivity contribution in [2.24, 2.45) is 5.73 Å². The summed E-state index contributed by atoms with van der Waals surface area (Å²) >= 11 is 1.69. The van der Waals surface area contributed by atoms with Gasteiger partial charge in [-0.05, 0) is 35.5 Å². The van der Waals surface area contributed by atoms with Gasteiger partial charge in [0, 0.05) is 19.5 Å². The molecular formula is C13H23N3OS. The van der Waals surface area contributed by atoms with Crippen molar-refractivity contribution in [3.05, 3.63) is 22.4 Å². The molecule has 1 rings (SSSR count). The predicted molar refractivity (Wildman–Crippen MR) is 76.7 cm³/mol. The van der Waals surface area contributed by atoms with Crippen molar-refractivity contribution < 1.29 is 4.79 Å². The van der Waals surface area contributed by atoms with Crippen LogP contribution < -0.4 is 11.1 Å². The fraction of sp³-hybridized carbons (Fsp3) is 0.615. The summed E-state index contributed by atoms with van der Waals surface area (Å²) in [4.78, 5) is 13.9. The van der Waals surface area contributed by atoms with Crippen LogP contribution in [0.4, 0.5) is 0 Å². The summed E-state index contributed by atoms with van der Waals surface area (Å²) in [6.07, 6.45) is 0.397. The largest absolute Gasteiger partial charge is 0.354 e. The highest BCUT2D eigenvalue weighted by molar-refractivity contribution is 7.07. The predicted octanol–water partition coefficient (Wildman–Crippen LogP) is 1.60. The number of rotatable bonds is 8. The molecule has 3 N–H and O–H groups in total. The summed E-state index contributed by atoms with van der Waals surface area (Å²) in [6, 6.07) is 2.39. The quantitative estimate of drug-likeness (QED) is 0.753. The zero-order valence-corrected chi connectivity index (χ0v) is 12.0. The van der Waals surface area contributed by atoms with E-state index >= 15 is 0 Å². The molecule has 0 aliphatic rings. The summed E-state index contributed by atoms with van der Waals surface area (Å²) in [6.45, 7) is 7.29. The molecule has 1 unspecified atom stereocenters. The van der Waals surface area contributed by atoms with Crippen LogP contribution in [0.2, 0.25) is 0 Å². The zero-order chi connectivity index (χ0) is 13.4. The molecule has 0 aliphatic carbocycles. The maximum absolute atomic E-state index is 11.5. The Bertz CT molecular complexity index is 336. The highest BCUT2D eigenvalue weighted by Gasteiger charge is 2.18. The summed E-state index contributed by atoms with van der Waals surface area (Å²) < 4.78 is 0. The molecule has 1 heterocycles. The lowest BCUT2D eigenvalue weighted by molar-refractivity contribution is -0.121. The van der Waals surface area contributed by atoms with Gasteiger partial charge >= 0.3 is 0 Å². The van der Waals surface area contributed by atoms with E-state index in [1.54, 1.807) is 11.3 Å². The van der Waals surface area contributed by atoms with Crippen LogP contribution in [-0.2, 0) is 4.79 Å². The fourth-order valence-corrected chi connectivity index (χ4v) is 2.72. The molecule has 0 spiro atoms. The molecule has 0 aromatic carbocycles. The third kappa shape index (κ3) is 4.40. The lowest BCUT2D eigenvalue weighted by atomic mass is 10.1. The topological polar surface area (TPSA) is 58.4 Å². The van der Waals surface area contributed by atoms with Crippen LogP contribution in [-0.4, -0.2) is 37.0 Å². The number of hydrogen-bond acceptors (Lipinski definition) is 4. The van der Waals surface area contributed by atoms with Crippen LogP contribution >= 0.6 is 11.3 Å². The van der Waals surface area contributed by atoms with Gasteiger partial charge < -0.3 is 11.1 Å². The molecule has 1 amide bonds. The molecule has 0 saturated heterocycles. The molecule has 0 fully saturated rings. The Kier molecular flexibility index (Phi) is 6.93. The number of amides is 1. The van der Waals surface area contributed by atoms with Gasteiger partial charge in [-0.2, -0.15) is 11.3 Å². The van der Waals surface area contributed by atoms with E-state index in [0.29, 0.717) is 19.5 Å². The molecule has 5 heteroatoms. The molecule has 0 saturated carbocycles. The third-order valence-corrected chi connectivity index (χ3v) is 3.75. The lowest BCUT2D eigenvalue weighted by Gasteiger charge is -2.29. The number of likely N-dealkylation sites (N-methyl/N-ethyl adjacent to an activating group) is 1. The molecule has 102 valence electrons. The van der Waals surface area contributed by atoms with E-state index in [1.807, 2.05) is 0 Å². The number of nitrogens with one attached hydrogen (secondary N) is 1. The van der Waals surface area contributed by atoms with Gasteiger partial charge in [0.25, 0.3) is 0 Å². The highest BCUT2D eigenvalue weighted by Crippen LogP contribution is 2.22. The molecule has 1 aromatic heterocycles. The Morgan fingerprint density at radius 3 is 2.72 bits per heavy atom. The highest BCUT2D eigenvalue weighted by atomic mass is 32.1. The van der Waals surface area contributed by atoms with Crippen molar-refractivity contribution in [3.63, 3.8) is 0 Å². The fourth-order valence-electron chi connectivity index (χ4n) is 2.02.